The molecule has 0 spiro atoms. The van der Waals surface area contributed by atoms with Gasteiger partial charge in [-0.05, 0) is 50.9 Å². The highest BCUT2D eigenvalue weighted by molar-refractivity contribution is 5.91. The van der Waals surface area contributed by atoms with Crippen molar-refractivity contribution in [1.29, 1.82) is 0 Å². The molecular weight excluding hydrogens is 254 g/mol. The van der Waals surface area contributed by atoms with Crippen molar-refractivity contribution >= 4 is 5.91 Å². The van der Waals surface area contributed by atoms with Gasteiger partial charge in [-0.3, -0.25) is 4.79 Å². The van der Waals surface area contributed by atoms with Gasteiger partial charge in [-0.25, -0.2) is 0 Å². The van der Waals surface area contributed by atoms with E-state index in [-0.39, 0.29) is 5.91 Å². The van der Waals surface area contributed by atoms with Crippen molar-refractivity contribution in [2.75, 3.05) is 26.2 Å². The summed E-state index contributed by atoms with van der Waals surface area (Å²) in [6.07, 6.45) is 4.81. The molecule has 0 aliphatic carbocycles. The third kappa shape index (κ3) is 2.74. The largest absolute Gasteiger partial charge is 0.455 e. The number of carbonyl (C=O) groups excluding carboxylic acids is 1. The van der Waals surface area contributed by atoms with E-state index in [0.29, 0.717) is 24.1 Å². The molecule has 0 radical (unpaired) electrons. The van der Waals surface area contributed by atoms with Crippen molar-refractivity contribution in [2.45, 2.75) is 38.3 Å². The van der Waals surface area contributed by atoms with E-state index in [1.54, 1.807) is 12.1 Å². The van der Waals surface area contributed by atoms with E-state index >= 15 is 0 Å². The lowest BCUT2D eigenvalue weighted by atomic mass is 10.0. The van der Waals surface area contributed by atoms with Crippen LogP contribution in [-0.2, 0) is 6.54 Å². The third-order valence-corrected chi connectivity index (χ3v) is 4.48. The summed E-state index contributed by atoms with van der Waals surface area (Å²) in [7, 11) is 0. The Morgan fingerprint density at radius 3 is 2.50 bits per heavy atom. The highest BCUT2D eigenvalue weighted by Gasteiger charge is 2.29. The first-order chi connectivity index (χ1) is 9.78. The maximum atomic E-state index is 12.3. The van der Waals surface area contributed by atoms with Crippen LogP contribution in [0.3, 0.4) is 0 Å². The van der Waals surface area contributed by atoms with E-state index in [2.05, 4.69) is 4.90 Å². The van der Waals surface area contributed by atoms with Gasteiger partial charge in [-0.2, -0.15) is 0 Å². The van der Waals surface area contributed by atoms with Gasteiger partial charge in [0.25, 0.3) is 5.91 Å². The number of likely N-dealkylation sites (tertiary alicyclic amines) is 2. The first kappa shape index (κ1) is 13.6. The molecule has 3 rings (SSSR count). The van der Waals surface area contributed by atoms with Crippen LogP contribution in [0.2, 0.25) is 0 Å². The molecule has 1 aromatic rings. The topological polar surface area (TPSA) is 62.7 Å². The minimum absolute atomic E-state index is 0.00423. The van der Waals surface area contributed by atoms with E-state index in [4.69, 9.17) is 10.2 Å². The first-order valence-electron chi connectivity index (χ1n) is 7.60. The number of hydrogen-bond donors (Lipinski definition) is 1. The van der Waals surface area contributed by atoms with Gasteiger partial charge in [0, 0.05) is 19.1 Å². The molecule has 2 saturated heterocycles. The summed E-state index contributed by atoms with van der Waals surface area (Å²) >= 11 is 0. The number of nitrogens with two attached hydrogens (primary N) is 1. The summed E-state index contributed by atoms with van der Waals surface area (Å²) in [6, 6.07) is 4.18. The second-order valence-corrected chi connectivity index (χ2v) is 5.74. The molecule has 2 aliphatic rings. The second-order valence-electron chi connectivity index (χ2n) is 5.74. The highest BCUT2D eigenvalue weighted by atomic mass is 16.4. The maximum absolute atomic E-state index is 12.3. The SMILES string of the molecule is NCc1ccc(C(=O)N2CCC(N3CCCC3)CC2)o1. The third-order valence-electron chi connectivity index (χ3n) is 4.48. The molecule has 20 heavy (non-hydrogen) atoms. The minimum atomic E-state index is 0.00423. The number of nitrogens with zero attached hydrogens (tertiary/aromatic N) is 2. The molecule has 2 aliphatic heterocycles. The predicted octanol–water partition coefficient (Wildman–Crippen LogP) is 1.44. The van der Waals surface area contributed by atoms with Crippen molar-refractivity contribution in [3.63, 3.8) is 0 Å². The van der Waals surface area contributed by atoms with Gasteiger partial charge in [0.15, 0.2) is 5.76 Å². The molecule has 2 fully saturated rings. The quantitative estimate of drug-likeness (QED) is 0.908. The average molecular weight is 277 g/mol. The molecular formula is C15H23N3O2. The molecule has 1 aromatic heterocycles. The minimum Gasteiger partial charge on any atom is -0.455 e. The standard InChI is InChI=1S/C15H23N3O2/c16-11-13-3-4-14(20-13)15(19)18-9-5-12(6-10-18)17-7-1-2-8-17/h3-4,12H,1-2,5-11,16H2. The summed E-state index contributed by atoms with van der Waals surface area (Å²) < 4.78 is 5.45. The second kappa shape index (κ2) is 5.97. The maximum Gasteiger partial charge on any atom is 0.289 e. The van der Waals surface area contributed by atoms with Crippen molar-refractivity contribution < 1.29 is 9.21 Å². The Morgan fingerprint density at radius 1 is 1.20 bits per heavy atom. The van der Waals surface area contributed by atoms with E-state index < -0.39 is 0 Å². The summed E-state index contributed by atoms with van der Waals surface area (Å²) in [6.45, 7) is 4.47. The fourth-order valence-corrected chi connectivity index (χ4v) is 3.30. The van der Waals surface area contributed by atoms with Crippen LogP contribution in [0.4, 0.5) is 0 Å². The number of piperidine rings is 1. The Morgan fingerprint density at radius 2 is 1.90 bits per heavy atom. The zero-order valence-electron chi connectivity index (χ0n) is 11.9. The zero-order valence-corrected chi connectivity index (χ0v) is 11.9. The molecule has 0 bridgehead atoms. The van der Waals surface area contributed by atoms with E-state index in [1.807, 2.05) is 4.90 Å². The predicted molar refractivity (Wildman–Crippen MR) is 76.3 cm³/mol. The van der Waals surface area contributed by atoms with Crippen LogP contribution in [0.15, 0.2) is 16.5 Å². The van der Waals surface area contributed by atoms with E-state index in [1.165, 1.54) is 25.9 Å². The van der Waals surface area contributed by atoms with Gasteiger partial charge in [0.05, 0.1) is 6.54 Å². The molecule has 5 nitrogen and oxygen atoms in total. The Bertz CT molecular complexity index is 457. The molecule has 5 heteroatoms. The van der Waals surface area contributed by atoms with Crippen LogP contribution >= 0.6 is 0 Å². The summed E-state index contributed by atoms with van der Waals surface area (Å²) in [5, 5.41) is 0. The van der Waals surface area contributed by atoms with Crippen LogP contribution in [0.25, 0.3) is 0 Å². The average Bonchev–Trinajstić information content (AvgIpc) is 3.18. The summed E-state index contributed by atoms with van der Waals surface area (Å²) in [5.41, 5.74) is 5.51. The molecule has 0 aromatic carbocycles. The van der Waals surface area contributed by atoms with Crippen molar-refractivity contribution in [3.8, 4) is 0 Å². The van der Waals surface area contributed by atoms with Crippen LogP contribution in [0.5, 0.6) is 0 Å². The number of rotatable bonds is 3. The van der Waals surface area contributed by atoms with Crippen molar-refractivity contribution in [2.24, 2.45) is 5.73 Å². The number of hydrogen-bond acceptors (Lipinski definition) is 4. The molecule has 110 valence electrons. The van der Waals surface area contributed by atoms with Gasteiger partial charge in [-0.15, -0.1) is 0 Å². The molecule has 3 heterocycles. The lowest BCUT2D eigenvalue weighted by Crippen LogP contribution is -2.45. The smallest absolute Gasteiger partial charge is 0.289 e. The molecule has 2 N–H and O–H groups in total. The lowest BCUT2D eigenvalue weighted by molar-refractivity contribution is 0.0612. The summed E-state index contributed by atoms with van der Waals surface area (Å²) in [4.78, 5) is 16.8. The fourth-order valence-electron chi connectivity index (χ4n) is 3.30. The van der Waals surface area contributed by atoms with Crippen molar-refractivity contribution in [3.05, 3.63) is 23.7 Å². The summed E-state index contributed by atoms with van der Waals surface area (Å²) in [5.74, 6) is 1.09. The van der Waals surface area contributed by atoms with Gasteiger partial charge >= 0.3 is 0 Å². The lowest BCUT2D eigenvalue weighted by Gasteiger charge is -2.36. The molecule has 0 saturated carbocycles. The van der Waals surface area contributed by atoms with Crippen LogP contribution in [-0.4, -0.2) is 47.9 Å². The van der Waals surface area contributed by atoms with Crippen LogP contribution in [0.1, 0.15) is 42.0 Å². The van der Waals surface area contributed by atoms with E-state index in [0.717, 1.165) is 25.9 Å². The Labute approximate surface area is 119 Å². The number of amides is 1. The Kier molecular flexibility index (Phi) is 4.08. The monoisotopic (exact) mass is 277 g/mol. The Balaban J connectivity index is 1.55. The molecule has 1 amide bonds. The zero-order chi connectivity index (χ0) is 13.9. The molecule has 0 atom stereocenters. The number of carbonyl (C=O) groups is 1. The molecule has 0 unspecified atom stereocenters. The normalized spacial score (nSPS) is 21.6. The van der Waals surface area contributed by atoms with Gasteiger partial charge in [0.1, 0.15) is 5.76 Å². The fraction of sp³-hybridized carbons (Fsp3) is 0.667. The van der Waals surface area contributed by atoms with E-state index in [9.17, 15) is 4.79 Å². The van der Waals surface area contributed by atoms with Gasteiger partial charge in [-0.1, -0.05) is 0 Å². The number of furan rings is 1. The van der Waals surface area contributed by atoms with Crippen LogP contribution in [0, 0.1) is 0 Å². The Hall–Kier alpha value is -1.33. The van der Waals surface area contributed by atoms with Gasteiger partial charge in [0.2, 0.25) is 0 Å². The highest BCUT2D eigenvalue weighted by Crippen LogP contribution is 2.22. The van der Waals surface area contributed by atoms with Crippen LogP contribution < -0.4 is 5.73 Å². The first-order valence-corrected chi connectivity index (χ1v) is 7.60. The van der Waals surface area contributed by atoms with Gasteiger partial charge < -0.3 is 20.0 Å². The van der Waals surface area contributed by atoms with Crippen molar-refractivity contribution in [1.82, 2.24) is 9.80 Å².